The molecule has 9 heteroatoms. The highest BCUT2D eigenvalue weighted by atomic mass is 16.6. The summed E-state index contributed by atoms with van der Waals surface area (Å²) in [7, 11) is 3.47. The van der Waals surface area contributed by atoms with Crippen molar-refractivity contribution in [2.45, 2.75) is 51.6 Å². The zero-order chi connectivity index (χ0) is 21.2. The molecule has 2 saturated heterocycles. The molecule has 0 aromatic rings. The standard InChI is InChI=1S/C20H38N6O3/c1-5-25-11-7-8-17(25)14-21-19(22-15-18(27)24(3)4)23-16-9-12-26(13-10-16)20(28)29-6-2/h16-17H,5-15H2,1-4H3,(H2,21,22,23). The van der Waals surface area contributed by atoms with E-state index >= 15 is 0 Å². The first-order chi connectivity index (χ1) is 13.9. The van der Waals surface area contributed by atoms with Crippen molar-refractivity contribution < 1.29 is 14.3 Å². The Morgan fingerprint density at radius 1 is 1.14 bits per heavy atom. The van der Waals surface area contributed by atoms with Crippen molar-refractivity contribution in [3.05, 3.63) is 0 Å². The van der Waals surface area contributed by atoms with Gasteiger partial charge in [0.1, 0.15) is 6.54 Å². The number of nitrogens with one attached hydrogen (secondary N) is 2. The van der Waals surface area contributed by atoms with Gasteiger partial charge in [0.05, 0.1) is 6.61 Å². The number of nitrogens with zero attached hydrogens (tertiary/aromatic N) is 4. The van der Waals surface area contributed by atoms with Crippen molar-refractivity contribution in [2.75, 3.05) is 60.0 Å². The molecule has 29 heavy (non-hydrogen) atoms. The van der Waals surface area contributed by atoms with Gasteiger partial charge in [0.15, 0.2) is 5.96 Å². The van der Waals surface area contributed by atoms with E-state index in [1.807, 2.05) is 6.92 Å². The SMILES string of the molecule is CCOC(=O)N1CCC(NC(=NCC(=O)N(C)C)NCC2CCCN2CC)CC1. The Hall–Kier alpha value is -2.03. The number of hydrogen-bond acceptors (Lipinski definition) is 5. The van der Waals surface area contributed by atoms with Crippen LogP contribution in [0.15, 0.2) is 4.99 Å². The van der Waals surface area contributed by atoms with Gasteiger partial charge in [0, 0.05) is 45.8 Å². The van der Waals surface area contributed by atoms with Crippen molar-refractivity contribution >= 4 is 18.0 Å². The van der Waals surface area contributed by atoms with E-state index in [1.54, 1.807) is 23.9 Å². The average molecular weight is 411 g/mol. The van der Waals surface area contributed by atoms with Gasteiger partial charge in [-0.25, -0.2) is 9.79 Å². The molecule has 2 fully saturated rings. The second-order valence-electron chi connectivity index (χ2n) is 7.86. The van der Waals surface area contributed by atoms with Crippen LogP contribution >= 0.6 is 0 Å². The van der Waals surface area contributed by atoms with Crippen molar-refractivity contribution in [2.24, 2.45) is 4.99 Å². The van der Waals surface area contributed by atoms with Gasteiger partial charge in [-0.05, 0) is 45.7 Å². The van der Waals surface area contributed by atoms with Crippen LogP contribution in [0.5, 0.6) is 0 Å². The molecule has 0 radical (unpaired) electrons. The smallest absolute Gasteiger partial charge is 0.409 e. The summed E-state index contributed by atoms with van der Waals surface area (Å²) in [6.07, 6.45) is 3.82. The van der Waals surface area contributed by atoms with E-state index < -0.39 is 0 Å². The van der Waals surface area contributed by atoms with Crippen LogP contribution in [0.2, 0.25) is 0 Å². The molecule has 0 spiro atoms. The fourth-order valence-corrected chi connectivity index (χ4v) is 3.81. The number of carbonyl (C=O) groups is 2. The lowest BCUT2D eigenvalue weighted by molar-refractivity contribution is -0.127. The van der Waals surface area contributed by atoms with Crippen LogP contribution in [0.4, 0.5) is 4.79 Å². The van der Waals surface area contributed by atoms with Crippen molar-refractivity contribution in [1.29, 1.82) is 0 Å². The second kappa shape index (κ2) is 11.8. The molecule has 1 atom stereocenters. The normalized spacial score (nSPS) is 21.2. The van der Waals surface area contributed by atoms with E-state index in [4.69, 9.17) is 4.74 Å². The van der Waals surface area contributed by atoms with E-state index in [9.17, 15) is 9.59 Å². The molecule has 0 bridgehead atoms. The highest BCUT2D eigenvalue weighted by Gasteiger charge is 2.26. The quantitative estimate of drug-likeness (QED) is 0.475. The largest absolute Gasteiger partial charge is 0.450 e. The first-order valence-electron chi connectivity index (χ1n) is 10.8. The molecule has 2 aliphatic heterocycles. The zero-order valence-electron chi connectivity index (χ0n) is 18.4. The van der Waals surface area contributed by atoms with Crippen LogP contribution in [-0.4, -0.2) is 105 Å². The lowest BCUT2D eigenvalue weighted by Gasteiger charge is -2.33. The molecule has 166 valence electrons. The molecule has 1 unspecified atom stereocenters. The summed E-state index contributed by atoms with van der Waals surface area (Å²) >= 11 is 0. The summed E-state index contributed by atoms with van der Waals surface area (Å²) in [5.41, 5.74) is 0. The molecule has 2 amide bonds. The van der Waals surface area contributed by atoms with E-state index in [1.165, 1.54) is 12.8 Å². The maximum absolute atomic E-state index is 12.0. The number of amides is 2. The molecule has 2 aliphatic rings. The molecular weight excluding hydrogens is 372 g/mol. The Morgan fingerprint density at radius 2 is 1.86 bits per heavy atom. The summed E-state index contributed by atoms with van der Waals surface area (Å²) in [6, 6.07) is 0.717. The minimum atomic E-state index is -0.240. The summed E-state index contributed by atoms with van der Waals surface area (Å²) in [6.45, 7) is 8.86. The number of aliphatic imine (C=N–C) groups is 1. The van der Waals surface area contributed by atoms with E-state index in [0.717, 1.165) is 32.5 Å². The first kappa shape index (κ1) is 23.3. The van der Waals surface area contributed by atoms with Gasteiger partial charge in [-0.2, -0.15) is 0 Å². The van der Waals surface area contributed by atoms with Gasteiger partial charge in [0.25, 0.3) is 0 Å². The predicted octanol–water partition coefficient (Wildman–Crippen LogP) is 0.715. The van der Waals surface area contributed by atoms with Crippen molar-refractivity contribution in [3.8, 4) is 0 Å². The summed E-state index contributed by atoms with van der Waals surface area (Å²) < 4.78 is 5.08. The Kier molecular flexibility index (Phi) is 9.50. The molecular formula is C20H38N6O3. The first-order valence-corrected chi connectivity index (χ1v) is 10.8. The average Bonchev–Trinajstić information content (AvgIpc) is 3.17. The summed E-state index contributed by atoms with van der Waals surface area (Å²) in [5.74, 6) is 0.650. The van der Waals surface area contributed by atoms with Crippen LogP contribution in [0, 0.1) is 0 Å². The maximum Gasteiger partial charge on any atom is 0.409 e. The fraction of sp³-hybridized carbons (Fsp3) is 0.850. The molecule has 0 aromatic heterocycles. The van der Waals surface area contributed by atoms with Crippen molar-refractivity contribution in [1.82, 2.24) is 25.3 Å². The number of rotatable bonds is 7. The van der Waals surface area contributed by atoms with Gasteiger partial charge < -0.3 is 25.2 Å². The monoisotopic (exact) mass is 410 g/mol. The molecule has 2 heterocycles. The minimum Gasteiger partial charge on any atom is -0.450 e. The molecule has 2 N–H and O–H groups in total. The Bertz CT molecular complexity index is 560. The van der Waals surface area contributed by atoms with Gasteiger partial charge >= 0.3 is 6.09 Å². The molecule has 0 aromatic carbocycles. The van der Waals surface area contributed by atoms with Gasteiger partial charge in [-0.3, -0.25) is 9.69 Å². The van der Waals surface area contributed by atoms with Crippen LogP contribution in [-0.2, 0) is 9.53 Å². The predicted molar refractivity (Wildman–Crippen MR) is 114 cm³/mol. The lowest BCUT2D eigenvalue weighted by Crippen LogP contribution is -2.51. The Morgan fingerprint density at radius 3 is 2.48 bits per heavy atom. The minimum absolute atomic E-state index is 0.0284. The number of hydrogen-bond donors (Lipinski definition) is 2. The van der Waals surface area contributed by atoms with Crippen molar-refractivity contribution in [3.63, 3.8) is 0 Å². The zero-order valence-corrected chi connectivity index (χ0v) is 18.4. The van der Waals surface area contributed by atoms with Crippen LogP contribution in [0.1, 0.15) is 39.5 Å². The third-order valence-corrected chi connectivity index (χ3v) is 5.64. The molecule has 9 nitrogen and oxygen atoms in total. The molecule has 0 saturated carbocycles. The number of piperidine rings is 1. The van der Waals surface area contributed by atoms with E-state index in [-0.39, 0.29) is 24.6 Å². The third-order valence-electron chi connectivity index (χ3n) is 5.64. The number of likely N-dealkylation sites (tertiary alicyclic amines) is 2. The second-order valence-corrected chi connectivity index (χ2v) is 7.86. The van der Waals surface area contributed by atoms with E-state index in [0.29, 0.717) is 31.7 Å². The number of likely N-dealkylation sites (N-methyl/N-ethyl adjacent to an activating group) is 2. The van der Waals surface area contributed by atoms with Gasteiger partial charge in [-0.15, -0.1) is 0 Å². The van der Waals surface area contributed by atoms with Gasteiger partial charge in [-0.1, -0.05) is 6.92 Å². The fourth-order valence-electron chi connectivity index (χ4n) is 3.81. The van der Waals surface area contributed by atoms with E-state index in [2.05, 4.69) is 27.4 Å². The van der Waals surface area contributed by atoms with Gasteiger partial charge in [0.2, 0.25) is 5.91 Å². The molecule has 2 rings (SSSR count). The van der Waals surface area contributed by atoms with Crippen LogP contribution in [0.3, 0.4) is 0 Å². The number of guanidine groups is 1. The maximum atomic E-state index is 12.0. The molecule has 0 aliphatic carbocycles. The highest BCUT2D eigenvalue weighted by molar-refractivity contribution is 5.85. The van der Waals surface area contributed by atoms with Crippen LogP contribution < -0.4 is 10.6 Å². The summed E-state index contributed by atoms with van der Waals surface area (Å²) in [5, 5.41) is 6.91. The Labute approximate surface area is 174 Å². The summed E-state index contributed by atoms with van der Waals surface area (Å²) in [4.78, 5) is 34.1. The van der Waals surface area contributed by atoms with Crippen LogP contribution in [0.25, 0.3) is 0 Å². The number of carbonyl (C=O) groups excluding carboxylic acids is 2. The topological polar surface area (TPSA) is 89.5 Å². The Balaban J connectivity index is 1.90. The highest BCUT2D eigenvalue weighted by Crippen LogP contribution is 2.16. The third kappa shape index (κ3) is 7.38. The number of ether oxygens (including phenoxy) is 1. The lowest BCUT2D eigenvalue weighted by atomic mass is 10.1.